The molecule has 0 saturated carbocycles. The monoisotopic (exact) mass is 460 g/mol. The number of pyridine rings is 1. The molecule has 4 aromatic rings. The maximum Gasteiger partial charge on any atom is 0.330 e. The Bertz CT molecular complexity index is 1420. The van der Waals surface area contributed by atoms with Gasteiger partial charge in [-0.2, -0.15) is 0 Å². The molecule has 8 nitrogen and oxygen atoms in total. The van der Waals surface area contributed by atoms with Crippen LogP contribution in [-0.2, 0) is 14.1 Å². The smallest absolute Gasteiger partial charge is 0.330 e. The van der Waals surface area contributed by atoms with Crippen LogP contribution in [0.1, 0.15) is 19.4 Å². The lowest BCUT2D eigenvalue weighted by atomic mass is 10.0. The molecule has 1 fully saturated rings. The van der Waals surface area contributed by atoms with Gasteiger partial charge in [-0.1, -0.05) is 26.0 Å². The number of nitrogens with zero attached hydrogens (tertiary/aromatic N) is 4. The Morgan fingerprint density at radius 3 is 2.35 bits per heavy atom. The molecule has 1 aromatic carbocycles. The molecule has 34 heavy (non-hydrogen) atoms. The van der Waals surface area contributed by atoms with Crippen LogP contribution >= 0.6 is 0 Å². The van der Waals surface area contributed by atoms with Gasteiger partial charge in [0.15, 0.2) is 0 Å². The molecule has 0 amide bonds. The number of fused-ring (bicyclic) bond motifs is 1. The minimum Gasteiger partial charge on any atom is -0.354 e. The zero-order chi connectivity index (χ0) is 24.4. The number of hydrogen-bond acceptors (Lipinski definition) is 5. The number of aromatic nitrogens is 4. The Morgan fingerprint density at radius 2 is 1.68 bits per heavy atom. The van der Waals surface area contributed by atoms with Gasteiger partial charge in [-0.25, -0.2) is 9.78 Å². The zero-order valence-electron chi connectivity index (χ0n) is 20.5. The summed E-state index contributed by atoms with van der Waals surface area (Å²) in [5.41, 5.74) is 4.58. The summed E-state index contributed by atoms with van der Waals surface area (Å²) in [6, 6.07) is 10.4. The summed E-state index contributed by atoms with van der Waals surface area (Å²) < 4.78 is 2.57. The highest BCUT2D eigenvalue weighted by atomic mass is 16.2. The van der Waals surface area contributed by atoms with Crippen LogP contribution < -0.4 is 21.5 Å². The Hall–Kier alpha value is -3.65. The van der Waals surface area contributed by atoms with Gasteiger partial charge in [0, 0.05) is 69.1 Å². The second kappa shape index (κ2) is 9.69. The van der Waals surface area contributed by atoms with Crippen LogP contribution in [0.3, 0.4) is 0 Å². The van der Waals surface area contributed by atoms with Crippen molar-refractivity contribution in [2.75, 3.05) is 31.1 Å². The van der Waals surface area contributed by atoms with Crippen molar-refractivity contribution < 1.29 is 0 Å². The lowest BCUT2D eigenvalue weighted by molar-refractivity contribution is 0.585. The first-order chi connectivity index (χ1) is 16.4. The number of nitrogens with one attached hydrogen (secondary N) is 2. The predicted molar refractivity (Wildman–Crippen MR) is 139 cm³/mol. The van der Waals surface area contributed by atoms with E-state index in [-0.39, 0.29) is 11.2 Å². The van der Waals surface area contributed by atoms with E-state index in [1.165, 1.54) is 11.6 Å². The topological polar surface area (TPSA) is 88.0 Å². The highest BCUT2D eigenvalue weighted by Gasteiger charge is 2.16. The van der Waals surface area contributed by atoms with E-state index < -0.39 is 0 Å². The Morgan fingerprint density at radius 1 is 0.971 bits per heavy atom. The molecule has 8 heteroatoms. The molecule has 0 unspecified atom stereocenters. The van der Waals surface area contributed by atoms with E-state index in [1.54, 1.807) is 13.2 Å². The number of hydrogen-bond donors (Lipinski definition) is 2. The van der Waals surface area contributed by atoms with E-state index in [2.05, 4.69) is 50.5 Å². The minimum absolute atomic E-state index is 0.310. The molecule has 0 radical (unpaired) electrons. The zero-order valence-corrected chi connectivity index (χ0v) is 20.5. The van der Waals surface area contributed by atoms with Gasteiger partial charge in [0.1, 0.15) is 5.82 Å². The Balaban J connectivity index is 0.00000133. The largest absolute Gasteiger partial charge is 0.354 e. The molecule has 1 saturated heterocycles. The van der Waals surface area contributed by atoms with E-state index in [1.807, 2.05) is 27.0 Å². The van der Waals surface area contributed by atoms with E-state index >= 15 is 0 Å². The van der Waals surface area contributed by atoms with E-state index in [4.69, 9.17) is 0 Å². The molecule has 0 bridgehead atoms. The average Bonchev–Trinajstić information content (AvgIpc) is 3.22. The first kappa shape index (κ1) is 23.5. The molecule has 5 rings (SSSR count). The van der Waals surface area contributed by atoms with Crippen LogP contribution in [0.25, 0.3) is 33.3 Å². The van der Waals surface area contributed by atoms with Crippen LogP contribution in [0.4, 0.5) is 5.82 Å². The van der Waals surface area contributed by atoms with Crippen molar-refractivity contribution in [1.29, 1.82) is 0 Å². The Kier molecular flexibility index (Phi) is 6.70. The average molecular weight is 461 g/mol. The van der Waals surface area contributed by atoms with Gasteiger partial charge in [-0.3, -0.25) is 9.36 Å². The summed E-state index contributed by atoms with van der Waals surface area (Å²) in [7, 11) is 3.15. The normalized spacial score (nSPS) is 13.6. The van der Waals surface area contributed by atoms with E-state index in [0.29, 0.717) is 5.56 Å². The second-order valence-electron chi connectivity index (χ2n) is 8.33. The van der Waals surface area contributed by atoms with Crippen LogP contribution in [0, 0.1) is 6.92 Å². The van der Waals surface area contributed by atoms with Gasteiger partial charge in [-0.05, 0) is 36.2 Å². The SMILES string of the molecule is CC.Cc1c(-c2cn(C)c(=O)n(C)c2=O)[nH]c2cc(-c3ccc(N4CCNCC4)nc3)ccc12. The summed E-state index contributed by atoms with van der Waals surface area (Å²) in [5.74, 6) is 1.000. The van der Waals surface area contributed by atoms with E-state index in [0.717, 1.165) is 69.9 Å². The van der Waals surface area contributed by atoms with Gasteiger partial charge in [0.2, 0.25) is 0 Å². The molecule has 0 aliphatic carbocycles. The number of anilines is 1. The third-order valence-corrected chi connectivity index (χ3v) is 6.30. The number of aryl methyl sites for hydroxylation is 2. The van der Waals surface area contributed by atoms with Crippen molar-refractivity contribution in [2.45, 2.75) is 20.8 Å². The third kappa shape index (κ3) is 4.17. The van der Waals surface area contributed by atoms with Crippen molar-refractivity contribution in [3.63, 3.8) is 0 Å². The number of H-pyrrole nitrogens is 1. The second-order valence-corrected chi connectivity index (χ2v) is 8.33. The van der Waals surface area contributed by atoms with Crippen molar-refractivity contribution in [1.82, 2.24) is 24.4 Å². The molecule has 3 aromatic heterocycles. The summed E-state index contributed by atoms with van der Waals surface area (Å²) in [6.45, 7) is 9.88. The molecule has 2 N–H and O–H groups in total. The molecular formula is C26H32N6O2. The van der Waals surface area contributed by atoms with Gasteiger partial charge >= 0.3 is 5.69 Å². The highest BCUT2D eigenvalue weighted by Crippen LogP contribution is 2.31. The van der Waals surface area contributed by atoms with Crippen molar-refractivity contribution in [3.05, 3.63) is 69.1 Å². The molecule has 1 aliphatic heterocycles. The van der Waals surface area contributed by atoms with Crippen LogP contribution in [0.15, 0.2) is 52.3 Å². The fourth-order valence-electron chi connectivity index (χ4n) is 4.40. The van der Waals surface area contributed by atoms with Crippen LogP contribution in [-0.4, -0.2) is 45.3 Å². The summed E-state index contributed by atoms with van der Waals surface area (Å²) in [6.07, 6.45) is 3.51. The lowest BCUT2D eigenvalue weighted by Gasteiger charge is -2.28. The summed E-state index contributed by atoms with van der Waals surface area (Å²) >= 11 is 0. The quantitative estimate of drug-likeness (QED) is 0.491. The number of benzene rings is 1. The number of piperazine rings is 1. The lowest BCUT2D eigenvalue weighted by Crippen LogP contribution is -2.43. The van der Waals surface area contributed by atoms with E-state index in [9.17, 15) is 9.59 Å². The molecular weight excluding hydrogens is 428 g/mol. The maximum absolute atomic E-state index is 12.7. The fourth-order valence-corrected chi connectivity index (χ4v) is 4.40. The van der Waals surface area contributed by atoms with Crippen molar-refractivity contribution in [3.8, 4) is 22.4 Å². The van der Waals surface area contributed by atoms with Crippen molar-refractivity contribution in [2.24, 2.45) is 14.1 Å². The summed E-state index contributed by atoms with van der Waals surface area (Å²) in [4.78, 5) is 35.2. The highest BCUT2D eigenvalue weighted by molar-refractivity contribution is 5.93. The first-order valence-corrected chi connectivity index (χ1v) is 11.8. The number of rotatable bonds is 3. The molecule has 178 valence electrons. The first-order valence-electron chi connectivity index (χ1n) is 11.8. The Labute approximate surface area is 198 Å². The molecule has 4 heterocycles. The third-order valence-electron chi connectivity index (χ3n) is 6.30. The maximum atomic E-state index is 12.7. The van der Waals surface area contributed by atoms with Gasteiger partial charge in [0.05, 0.1) is 11.3 Å². The van der Waals surface area contributed by atoms with Crippen LogP contribution in [0.2, 0.25) is 0 Å². The van der Waals surface area contributed by atoms with Gasteiger partial charge < -0.3 is 19.8 Å². The van der Waals surface area contributed by atoms with Gasteiger partial charge in [-0.15, -0.1) is 0 Å². The fraction of sp³-hybridized carbons (Fsp3) is 0.346. The number of aromatic amines is 1. The minimum atomic E-state index is -0.341. The molecule has 1 aliphatic rings. The predicted octanol–water partition coefficient (Wildman–Crippen LogP) is 3.04. The van der Waals surface area contributed by atoms with Gasteiger partial charge in [0.25, 0.3) is 5.56 Å². The van der Waals surface area contributed by atoms with Crippen LogP contribution in [0.5, 0.6) is 0 Å². The molecule has 0 atom stereocenters. The van der Waals surface area contributed by atoms with Crippen molar-refractivity contribution >= 4 is 16.7 Å². The standard InChI is InChI=1S/C24H26N6O2.C2H6/c1-15-18-6-4-16(17-5-7-21(26-13-17)30-10-8-25-9-11-30)12-20(18)27-22(15)19-14-28(2)24(32)29(3)23(19)31;1-2/h4-7,12-14,25,27H,8-11H2,1-3H3;1-2H3. The summed E-state index contributed by atoms with van der Waals surface area (Å²) in [5, 5.41) is 4.41. The molecule has 0 spiro atoms.